The fraction of sp³-hybridized carbons (Fsp3) is 0.935. The first kappa shape index (κ1) is 50.4. The first-order valence-electron chi connectivity index (χ1n) is 23.0. The van der Waals surface area contributed by atoms with E-state index < -0.39 is 6.10 Å². The molecular formula is C46H88O6. The topological polar surface area (TPSA) is 78.9 Å². The Morgan fingerprint density at radius 2 is 0.519 bits per heavy atom. The van der Waals surface area contributed by atoms with Crippen LogP contribution in [0.1, 0.15) is 258 Å². The van der Waals surface area contributed by atoms with E-state index in [0.717, 1.165) is 57.8 Å². The second kappa shape index (κ2) is 42.2. The van der Waals surface area contributed by atoms with Crippen molar-refractivity contribution in [2.75, 3.05) is 13.2 Å². The predicted octanol–water partition coefficient (Wildman–Crippen LogP) is 14.5. The zero-order chi connectivity index (χ0) is 38.0. The molecule has 0 spiro atoms. The summed E-state index contributed by atoms with van der Waals surface area (Å²) in [6.07, 6.45) is 42.6. The Labute approximate surface area is 323 Å². The molecule has 0 fully saturated rings. The van der Waals surface area contributed by atoms with E-state index in [0.29, 0.717) is 19.3 Å². The van der Waals surface area contributed by atoms with E-state index in [1.165, 1.54) is 161 Å². The second-order valence-corrected chi connectivity index (χ2v) is 15.7. The SMILES string of the molecule is CCCCCCCCCCCCCCCCCCCCCC(=O)OCC(COC(=O)CCCCCCCC)OC(=O)CCCCCCCCCCC. The largest absolute Gasteiger partial charge is 0.462 e. The summed E-state index contributed by atoms with van der Waals surface area (Å²) in [5.74, 6) is -0.865. The highest BCUT2D eigenvalue weighted by Gasteiger charge is 2.19. The highest BCUT2D eigenvalue weighted by atomic mass is 16.6. The van der Waals surface area contributed by atoms with Crippen molar-refractivity contribution in [3.05, 3.63) is 0 Å². The van der Waals surface area contributed by atoms with Crippen molar-refractivity contribution >= 4 is 17.9 Å². The smallest absolute Gasteiger partial charge is 0.306 e. The summed E-state index contributed by atoms with van der Waals surface area (Å²) in [6, 6.07) is 0. The Balaban J connectivity index is 4.10. The van der Waals surface area contributed by atoms with Gasteiger partial charge in [0.25, 0.3) is 0 Å². The van der Waals surface area contributed by atoms with Gasteiger partial charge < -0.3 is 14.2 Å². The third kappa shape index (κ3) is 39.6. The Kier molecular flexibility index (Phi) is 40.9. The Hall–Kier alpha value is -1.59. The quantitative estimate of drug-likeness (QED) is 0.0353. The van der Waals surface area contributed by atoms with Gasteiger partial charge in [0.05, 0.1) is 0 Å². The maximum absolute atomic E-state index is 12.6. The van der Waals surface area contributed by atoms with Gasteiger partial charge in [-0.05, 0) is 19.3 Å². The number of carbonyl (C=O) groups is 3. The monoisotopic (exact) mass is 737 g/mol. The summed E-state index contributed by atoms with van der Waals surface area (Å²) in [7, 11) is 0. The molecule has 308 valence electrons. The normalized spacial score (nSPS) is 11.8. The summed E-state index contributed by atoms with van der Waals surface area (Å²) in [6.45, 7) is 6.58. The van der Waals surface area contributed by atoms with Crippen molar-refractivity contribution < 1.29 is 28.6 Å². The van der Waals surface area contributed by atoms with Gasteiger partial charge in [0.2, 0.25) is 0 Å². The number of hydrogen-bond acceptors (Lipinski definition) is 6. The van der Waals surface area contributed by atoms with Crippen LogP contribution in [0.5, 0.6) is 0 Å². The molecule has 0 bridgehead atoms. The molecule has 6 heteroatoms. The molecule has 0 aromatic rings. The molecule has 0 aliphatic rings. The van der Waals surface area contributed by atoms with Crippen LogP contribution < -0.4 is 0 Å². The molecule has 6 nitrogen and oxygen atoms in total. The molecular weight excluding hydrogens is 648 g/mol. The lowest BCUT2D eigenvalue weighted by Crippen LogP contribution is -2.30. The number of carbonyl (C=O) groups excluding carboxylic acids is 3. The number of rotatable bonds is 42. The van der Waals surface area contributed by atoms with Crippen molar-refractivity contribution in [2.45, 2.75) is 264 Å². The predicted molar refractivity (Wildman–Crippen MR) is 220 cm³/mol. The van der Waals surface area contributed by atoms with Crippen LogP contribution in [0.15, 0.2) is 0 Å². The standard InChI is InChI=1S/C46H88O6/c1-4-7-10-13-16-18-19-20-21-22-23-24-25-26-27-29-30-33-36-39-45(48)51-42-43(41-50-44(47)38-35-32-15-12-9-6-3)52-46(49)40-37-34-31-28-17-14-11-8-5-2/h43H,4-42H2,1-3H3. The average molecular weight is 737 g/mol. The van der Waals surface area contributed by atoms with Gasteiger partial charge in [0, 0.05) is 19.3 Å². The van der Waals surface area contributed by atoms with Gasteiger partial charge in [-0.3, -0.25) is 14.4 Å². The van der Waals surface area contributed by atoms with E-state index in [1.807, 2.05) is 0 Å². The minimum Gasteiger partial charge on any atom is -0.462 e. The fourth-order valence-electron chi connectivity index (χ4n) is 6.85. The molecule has 0 amide bonds. The highest BCUT2D eigenvalue weighted by Crippen LogP contribution is 2.16. The fourth-order valence-corrected chi connectivity index (χ4v) is 6.85. The first-order chi connectivity index (χ1) is 25.5. The first-order valence-corrected chi connectivity index (χ1v) is 23.0. The lowest BCUT2D eigenvalue weighted by atomic mass is 10.0. The third-order valence-corrected chi connectivity index (χ3v) is 10.4. The molecule has 0 aromatic heterocycles. The molecule has 0 N–H and O–H groups in total. The Morgan fingerprint density at radius 3 is 0.769 bits per heavy atom. The van der Waals surface area contributed by atoms with E-state index >= 15 is 0 Å². The van der Waals surface area contributed by atoms with Crippen molar-refractivity contribution in [3.8, 4) is 0 Å². The number of esters is 3. The molecule has 0 rings (SSSR count). The second-order valence-electron chi connectivity index (χ2n) is 15.7. The van der Waals surface area contributed by atoms with E-state index in [1.54, 1.807) is 0 Å². The van der Waals surface area contributed by atoms with Crippen LogP contribution in [-0.4, -0.2) is 37.2 Å². The Morgan fingerprint density at radius 1 is 0.308 bits per heavy atom. The van der Waals surface area contributed by atoms with E-state index in [9.17, 15) is 14.4 Å². The van der Waals surface area contributed by atoms with Crippen LogP contribution in [0.2, 0.25) is 0 Å². The van der Waals surface area contributed by atoms with Gasteiger partial charge in [-0.2, -0.15) is 0 Å². The van der Waals surface area contributed by atoms with Gasteiger partial charge >= 0.3 is 17.9 Å². The zero-order valence-electron chi connectivity index (χ0n) is 35.1. The molecule has 0 aliphatic heterocycles. The molecule has 0 saturated carbocycles. The van der Waals surface area contributed by atoms with Crippen LogP contribution >= 0.6 is 0 Å². The van der Waals surface area contributed by atoms with Gasteiger partial charge in [-0.25, -0.2) is 0 Å². The minimum absolute atomic E-state index is 0.0637. The molecule has 1 atom stereocenters. The van der Waals surface area contributed by atoms with Crippen LogP contribution in [0.4, 0.5) is 0 Å². The minimum atomic E-state index is -0.756. The summed E-state index contributed by atoms with van der Waals surface area (Å²) >= 11 is 0. The molecule has 1 unspecified atom stereocenters. The van der Waals surface area contributed by atoms with Crippen LogP contribution in [-0.2, 0) is 28.6 Å². The molecule has 0 radical (unpaired) electrons. The van der Waals surface area contributed by atoms with Crippen LogP contribution in [0, 0.1) is 0 Å². The number of hydrogen-bond donors (Lipinski definition) is 0. The Bertz CT molecular complexity index is 768. The molecule has 0 heterocycles. The maximum atomic E-state index is 12.6. The van der Waals surface area contributed by atoms with Crippen molar-refractivity contribution in [3.63, 3.8) is 0 Å². The zero-order valence-corrected chi connectivity index (χ0v) is 35.1. The van der Waals surface area contributed by atoms with E-state index in [2.05, 4.69) is 20.8 Å². The molecule has 0 aromatic carbocycles. The van der Waals surface area contributed by atoms with Crippen LogP contribution in [0.25, 0.3) is 0 Å². The van der Waals surface area contributed by atoms with E-state index in [-0.39, 0.29) is 31.1 Å². The summed E-state index contributed by atoms with van der Waals surface area (Å²) in [5.41, 5.74) is 0. The van der Waals surface area contributed by atoms with Gasteiger partial charge in [-0.1, -0.05) is 220 Å². The van der Waals surface area contributed by atoms with Crippen LogP contribution in [0.3, 0.4) is 0 Å². The third-order valence-electron chi connectivity index (χ3n) is 10.4. The van der Waals surface area contributed by atoms with Crippen molar-refractivity contribution in [1.29, 1.82) is 0 Å². The number of unbranched alkanes of at least 4 members (excludes halogenated alkanes) is 31. The van der Waals surface area contributed by atoms with Crippen molar-refractivity contribution in [2.24, 2.45) is 0 Å². The van der Waals surface area contributed by atoms with Gasteiger partial charge in [-0.15, -0.1) is 0 Å². The average Bonchev–Trinajstić information content (AvgIpc) is 3.14. The van der Waals surface area contributed by atoms with Crippen molar-refractivity contribution in [1.82, 2.24) is 0 Å². The summed E-state index contributed by atoms with van der Waals surface area (Å²) in [5, 5.41) is 0. The van der Waals surface area contributed by atoms with Gasteiger partial charge in [0.15, 0.2) is 6.10 Å². The molecule has 0 saturated heterocycles. The molecule has 52 heavy (non-hydrogen) atoms. The summed E-state index contributed by atoms with van der Waals surface area (Å²) in [4.78, 5) is 37.4. The van der Waals surface area contributed by atoms with E-state index in [4.69, 9.17) is 14.2 Å². The lowest BCUT2D eigenvalue weighted by Gasteiger charge is -2.18. The number of ether oxygens (including phenoxy) is 3. The summed E-state index contributed by atoms with van der Waals surface area (Å²) < 4.78 is 16.6. The lowest BCUT2D eigenvalue weighted by molar-refractivity contribution is -0.167. The highest BCUT2D eigenvalue weighted by molar-refractivity contribution is 5.71. The molecule has 0 aliphatic carbocycles. The van der Waals surface area contributed by atoms with Gasteiger partial charge in [0.1, 0.15) is 13.2 Å². The maximum Gasteiger partial charge on any atom is 0.306 e.